The Morgan fingerprint density at radius 1 is 1.14 bits per heavy atom. The van der Waals surface area contributed by atoms with Gasteiger partial charge in [0.15, 0.2) is 0 Å². The van der Waals surface area contributed by atoms with E-state index in [1.165, 1.54) is 5.56 Å². The summed E-state index contributed by atoms with van der Waals surface area (Å²) < 4.78 is 0. The third-order valence-corrected chi connectivity index (χ3v) is 4.06. The summed E-state index contributed by atoms with van der Waals surface area (Å²) >= 11 is 0. The lowest BCUT2D eigenvalue weighted by Crippen LogP contribution is -2.34. The summed E-state index contributed by atoms with van der Waals surface area (Å²) in [6, 6.07) is 18.3. The number of hydrogen-bond donors (Lipinski definition) is 3. The number of hydrogen-bond acceptors (Lipinski definition) is 3. The van der Waals surface area contributed by atoms with Crippen molar-refractivity contribution in [2.45, 2.75) is 19.5 Å². The van der Waals surface area contributed by atoms with Gasteiger partial charge in [0.05, 0.1) is 12.0 Å². The molecule has 1 saturated heterocycles. The average Bonchev–Trinajstić information content (AvgIpc) is 3.04. The molecule has 3 N–H and O–H groups in total. The van der Waals surface area contributed by atoms with Gasteiger partial charge in [-0.05, 0) is 18.1 Å². The summed E-state index contributed by atoms with van der Waals surface area (Å²) in [5, 5.41) is 3.03. The third kappa shape index (κ3) is 3.35. The maximum Gasteiger partial charge on any atom is 0.226 e. The lowest BCUT2D eigenvalue weighted by Gasteiger charge is -2.18. The van der Waals surface area contributed by atoms with Crippen LogP contribution in [0.2, 0.25) is 0 Å². The minimum atomic E-state index is -0.105. The van der Waals surface area contributed by atoms with E-state index in [-0.39, 0.29) is 17.9 Å². The number of hydrazine groups is 1. The Labute approximate surface area is 130 Å². The van der Waals surface area contributed by atoms with Gasteiger partial charge in [0.2, 0.25) is 5.91 Å². The Morgan fingerprint density at radius 3 is 2.59 bits per heavy atom. The first-order valence-electron chi connectivity index (χ1n) is 7.60. The van der Waals surface area contributed by atoms with Gasteiger partial charge in [-0.1, -0.05) is 60.2 Å². The first-order valence-corrected chi connectivity index (χ1v) is 7.60. The summed E-state index contributed by atoms with van der Waals surface area (Å²) in [5.74, 6) is -0.0293. The van der Waals surface area contributed by atoms with Crippen molar-refractivity contribution in [2.75, 3.05) is 6.54 Å². The van der Waals surface area contributed by atoms with Crippen molar-refractivity contribution in [2.24, 2.45) is 5.92 Å². The van der Waals surface area contributed by atoms with E-state index in [0.29, 0.717) is 13.1 Å². The van der Waals surface area contributed by atoms with Crippen LogP contribution in [0.15, 0.2) is 54.6 Å². The quantitative estimate of drug-likeness (QED) is 0.809. The van der Waals surface area contributed by atoms with Crippen LogP contribution in [0.3, 0.4) is 0 Å². The van der Waals surface area contributed by atoms with E-state index in [1.54, 1.807) is 0 Å². The van der Waals surface area contributed by atoms with E-state index in [4.69, 9.17) is 0 Å². The predicted octanol–water partition coefficient (Wildman–Crippen LogP) is 2.08. The zero-order chi connectivity index (χ0) is 15.4. The maximum absolute atomic E-state index is 12.5. The van der Waals surface area contributed by atoms with Gasteiger partial charge < -0.3 is 5.32 Å². The lowest BCUT2D eigenvalue weighted by atomic mass is 9.93. The first kappa shape index (κ1) is 14.8. The zero-order valence-electron chi connectivity index (χ0n) is 12.7. The third-order valence-electron chi connectivity index (χ3n) is 4.06. The lowest BCUT2D eigenvalue weighted by molar-refractivity contribution is -0.125. The molecule has 22 heavy (non-hydrogen) atoms. The van der Waals surface area contributed by atoms with Crippen LogP contribution >= 0.6 is 0 Å². The Morgan fingerprint density at radius 2 is 1.86 bits per heavy atom. The van der Waals surface area contributed by atoms with Gasteiger partial charge in [-0.2, -0.15) is 0 Å². The van der Waals surface area contributed by atoms with E-state index < -0.39 is 0 Å². The van der Waals surface area contributed by atoms with E-state index in [2.05, 4.69) is 47.4 Å². The van der Waals surface area contributed by atoms with Gasteiger partial charge in [0, 0.05) is 13.1 Å². The number of nitrogens with one attached hydrogen (secondary N) is 3. The van der Waals surface area contributed by atoms with Crippen LogP contribution in [0.1, 0.15) is 22.7 Å². The van der Waals surface area contributed by atoms with Crippen molar-refractivity contribution in [3.63, 3.8) is 0 Å². The van der Waals surface area contributed by atoms with Crippen LogP contribution in [0.25, 0.3) is 0 Å². The molecule has 1 heterocycles. The molecule has 4 heteroatoms. The molecule has 0 saturated carbocycles. The number of carbonyl (C=O) groups is 1. The molecule has 1 aliphatic rings. The normalized spacial score (nSPS) is 20.8. The fourth-order valence-corrected chi connectivity index (χ4v) is 2.75. The molecule has 1 fully saturated rings. The minimum Gasteiger partial charge on any atom is -0.352 e. The molecular formula is C18H21N3O. The molecule has 2 unspecified atom stereocenters. The summed E-state index contributed by atoms with van der Waals surface area (Å²) in [5.41, 5.74) is 9.78. The van der Waals surface area contributed by atoms with Gasteiger partial charge >= 0.3 is 0 Å². The molecule has 2 aromatic carbocycles. The number of benzene rings is 2. The average molecular weight is 295 g/mol. The second-order valence-corrected chi connectivity index (χ2v) is 5.72. The van der Waals surface area contributed by atoms with Crippen LogP contribution < -0.4 is 16.2 Å². The van der Waals surface area contributed by atoms with E-state index in [9.17, 15) is 4.79 Å². The SMILES string of the molecule is Cc1ccc(C2NNCC2C(=O)NCc2ccccc2)cc1. The van der Waals surface area contributed by atoms with E-state index in [1.807, 2.05) is 30.3 Å². The fraction of sp³-hybridized carbons (Fsp3) is 0.278. The fourth-order valence-electron chi connectivity index (χ4n) is 2.75. The van der Waals surface area contributed by atoms with Crippen LogP contribution in [-0.4, -0.2) is 12.5 Å². The highest BCUT2D eigenvalue weighted by atomic mass is 16.2. The van der Waals surface area contributed by atoms with Crippen LogP contribution in [0.5, 0.6) is 0 Å². The number of aryl methyl sites for hydroxylation is 1. The summed E-state index contributed by atoms with van der Waals surface area (Å²) in [4.78, 5) is 12.5. The highest BCUT2D eigenvalue weighted by Crippen LogP contribution is 2.25. The Hall–Kier alpha value is -2.17. The maximum atomic E-state index is 12.5. The summed E-state index contributed by atoms with van der Waals surface area (Å²) in [7, 11) is 0. The predicted molar refractivity (Wildman–Crippen MR) is 86.8 cm³/mol. The van der Waals surface area contributed by atoms with Crippen molar-refractivity contribution in [1.82, 2.24) is 16.2 Å². The second-order valence-electron chi connectivity index (χ2n) is 5.72. The van der Waals surface area contributed by atoms with Gasteiger partial charge in [-0.3, -0.25) is 10.2 Å². The van der Waals surface area contributed by atoms with Gasteiger partial charge in [-0.25, -0.2) is 5.43 Å². The molecule has 2 aromatic rings. The summed E-state index contributed by atoms with van der Waals surface area (Å²) in [6.45, 7) is 3.27. The standard InChI is InChI=1S/C18H21N3O/c1-13-7-9-15(10-8-13)17-16(12-20-21-17)18(22)19-11-14-5-3-2-4-6-14/h2-10,16-17,20-21H,11-12H2,1H3,(H,19,22). The molecule has 1 aliphatic heterocycles. The molecule has 4 nitrogen and oxygen atoms in total. The molecule has 3 rings (SSSR count). The highest BCUT2D eigenvalue weighted by molar-refractivity contribution is 5.80. The molecular weight excluding hydrogens is 274 g/mol. The van der Waals surface area contributed by atoms with Gasteiger partial charge in [0.1, 0.15) is 0 Å². The number of carbonyl (C=O) groups excluding carboxylic acids is 1. The van der Waals surface area contributed by atoms with Crippen LogP contribution in [0, 0.1) is 12.8 Å². The van der Waals surface area contributed by atoms with Gasteiger partial charge in [0.25, 0.3) is 0 Å². The molecule has 2 atom stereocenters. The highest BCUT2D eigenvalue weighted by Gasteiger charge is 2.33. The molecule has 1 amide bonds. The van der Waals surface area contributed by atoms with Crippen molar-refractivity contribution in [3.05, 3.63) is 71.3 Å². The molecule has 114 valence electrons. The van der Waals surface area contributed by atoms with Crippen molar-refractivity contribution < 1.29 is 4.79 Å². The Bertz CT molecular complexity index is 625. The van der Waals surface area contributed by atoms with E-state index >= 15 is 0 Å². The molecule has 0 bridgehead atoms. The van der Waals surface area contributed by atoms with Crippen molar-refractivity contribution in [3.8, 4) is 0 Å². The topological polar surface area (TPSA) is 53.2 Å². The van der Waals surface area contributed by atoms with Crippen molar-refractivity contribution >= 4 is 5.91 Å². The molecule has 0 radical (unpaired) electrons. The van der Waals surface area contributed by atoms with Crippen molar-refractivity contribution in [1.29, 1.82) is 0 Å². The van der Waals surface area contributed by atoms with E-state index in [0.717, 1.165) is 11.1 Å². The number of amides is 1. The summed E-state index contributed by atoms with van der Waals surface area (Å²) in [6.07, 6.45) is 0. The smallest absolute Gasteiger partial charge is 0.226 e. The van der Waals surface area contributed by atoms with Crippen LogP contribution in [0.4, 0.5) is 0 Å². The Balaban J connectivity index is 1.65. The second kappa shape index (κ2) is 6.73. The van der Waals surface area contributed by atoms with Crippen LogP contribution in [-0.2, 0) is 11.3 Å². The molecule has 0 aliphatic carbocycles. The zero-order valence-corrected chi connectivity index (χ0v) is 12.7. The molecule has 0 spiro atoms. The first-order chi connectivity index (χ1) is 10.7. The van der Waals surface area contributed by atoms with Gasteiger partial charge in [-0.15, -0.1) is 0 Å². The number of rotatable bonds is 4. The monoisotopic (exact) mass is 295 g/mol. The Kier molecular flexibility index (Phi) is 4.51. The minimum absolute atomic E-state index is 0.0105. The largest absolute Gasteiger partial charge is 0.352 e. The molecule has 0 aromatic heterocycles.